The topological polar surface area (TPSA) is 37.4 Å². The first-order chi connectivity index (χ1) is 8.70. The van der Waals surface area contributed by atoms with Crippen molar-refractivity contribution in [3.8, 4) is 0 Å². The number of hydrogen-bond donors (Lipinski definition) is 1. The number of rotatable bonds is 7. The number of anilines is 1. The molecule has 0 radical (unpaired) electrons. The van der Waals surface area contributed by atoms with Gasteiger partial charge >= 0.3 is 0 Å². The van der Waals surface area contributed by atoms with Crippen molar-refractivity contribution in [1.82, 2.24) is 10.3 Å². The molecule has 2 rings (SSSR count). The van der Waals surface area contributed by atoms with Crippen LogP contribution in [0.1, 0.15) is 18.5 Å². The Morgan fingerprint density at radius 2 is 2.28 bits per heavy atom. The number of pyridine rings is 1. The second-order valence-electron chi connectivity index (χ2n) is 4.67. The van der Waals surface area contributed by atoms with E-state index in [9.17, 15) is 0 Å². The van der Waals surface area contributed by atoms with Gasteiger partial charge < -0.3 is 15.0 Å². The first-order valence-electron chi connectivity index (χ1n) is 6.29. The van der Waals surface area contributed by atoms with E-state index in [1.165, 1.54) is 12.8 Å². The van der Waals surface area contributed by atoms with Gasteiger partial charge in [0, 0.05) is 33.3 Å². The molecule has 5 heteroatoms. The molecule has 0 atom stereocenters. The molecule has 1 N–H and O–H groups in total. The zero-order valence-corrected chi connectivity index (χ0v) is 11.7. The van der Waals surface area contributed by atoms with Gasteiger partial charge in [0.05, 0.1) is 17.3 Å². The molecule has 1 aromatic heterocycles. The number of nitrogens with one attached hydrogen (secondary N) is 1. The Bertz CT molecular complexity index is 396. The van der Waals surface area contributed by atoms with Crippen LogP contribution in [0.25, 0.3) is 0 Å². The van der Waals surface area contributed by atoms with E-state index in [1.54, 1.807) is 7.11 Å². The molecule has 0 amide bonds. The summed E-state index contributed by atoms with van der Waals surface area (Å²) in [6.45, 7) is 2.26. The number of hydrogen-bond acceptors (Lipinski definition) is 4. The largest absolute Gasteiger partial charge is 0.383 e. The van der Waals surface area contributed by atoms with E-state index in [-0.39, 0.29) is 0 Å². The van der Waals surface area contributed by atoms with Crippen molar-refractivity contribution in [2.24, 2.45) is 0 Å². The van der Waals surface area contributed by atoms with Crippen molar-refractivity contribution in [3.63, 3.8) is 0 Å². The lowest BCUT2D eigenvalue weighted by Gasteiger charge is -2.18. The Hall–Kier alpha value is -0.840. The minimum atomic E-state index is 0.665. The lowest BCUT2D eigenvalue weighted by atomic mass is 10.3. The van der Waals surface area contributed by atoms with E-state index in [4.69, 9.17) is 16.3 Å². The highest BCUT2D eigenvalue weighted by Gasteiger charge is 2.20. The lowest BCUT2D eigenvalue weighted by molar-refractivity contribution is 0.206. The molecule has 0 bridgehead atoms. The summed E-state index contributed by atoms with van der Waals surface area (Å²) in [5, 5.41) is 4.16. The van der Waals surface area contributed by atoms with Crippen LogP contribution in [-0.4, -0.2) is 38.3 Å². The molecule has 4 nitrogen and oxygen atoms in total. The van der Waals surface area contributed by atoms with Gasteiger partial charge in [0.2, 0.25) is 0 Å². The maximum atomic E-state index is 6.16. The maximum Gasteiger partial charge on any atom is 0.128 e. The molecule has 0 aliphatic heterocycles. The van der Waals surface area contributed by atoms with Crippen LogP contribution in [0.4, 0.5) is 5.82 Å². The van der Waals surface area contributed by atoms with Crippen molar-refractivity contribution >= 4 is 17.4 Å². The zero-order valence-electron chi connectivity index (χ0n) is 10.9. The quantitative estimate of drug-likeness (QED) is 0.822. The summed E-state index contributed by atoms with van der Waals surface area (Å²) in [6.07, 6.45) is 2.54. The molecule has 1 aliphatic carbocycles. The van der Waals surface area contributed by atoms with E-state index < -0.39 is 0 Å². The first kappa shape index (κ1) is 13.6. The minimum absolute atomic E-state index is 0.665. The number of ether oxygens (including phenoxy) is 1. The first-order valence-corrected chi connectivity index (χ1v) is 6.67. The van der Waals surface area contributed by atoms with Crippen molar-refractivity contribution in [1.29, 1.82) is 0 Å². The standard InChI is InChI=1S/C13H20ClN3O/c1-17(7-8-18-2)13-6-5-11(14)12(16-13)9-15-10-3-4-10/h5-6,10,15H,3-4,7-9H2,1-2H3. The van der Waals surface area contributed by atoms with Gasteiger partial charge in [-0.3, -0.25) is 0 Å². The molecule has 0 saturated heterocycles. The highest BCUT2D eigenvalue weighted by atomic mass is 35.5. The molecule has 0 unspecified atom stereocenters. The van der Waals surface area contributed by atoms with Gasteiger partial charge in [-0.15, -0.1) is 0 Å². The fourth-order valence-corrected chi connectivity index (χ4v) is 1.85. The third-order valence-corrected chi connectivity index (χ3v) is 3.41. The third-order valence-electron chi connectivity index (χ3n) is 3.06. The van der Waals surface area contributed by atoms with Crippen LogP contribution >= 0.6 is 11.6 Å². The number of likely N-dealkylation sites (N-methyl/N-ethyl adjacent to an activating group) is 1. The summed E-state index contributed by atoms with van der Waals surface area (Å²) in [5.41, 5.74) is 0.922. The molecular formula is C13H20ClN3O. The maximum absolute atomic E-state index is 6.16. The summed E-state index contributed by atoms with van der Waals surface area (Å²) in [4.78, 5) is 6.67. The van der Waals surface area contributed by atoms with E-state index in [0.29, 0.717) is 12.6 Å². The fraction of sp³-hybridized carbons (Fsp3) is 0.615. The van der Waals surface area contributed by atoms with Gasteiger partial charge in [-0.25, -0.2) is 4.98 Å². The average molecular weight is 270 g/mol. The zero-order chi connectivity index (χ0) is 13.0. The molecule has 0 aromatic carbocycles. The van der Waals surface area contributed by atoms with Crippen LogP contribution in [0.2, 0.25) is 5.02 Å². The van der Waals surface area contributed by atoms with Gasteiger partial charge in [-0.05, 0) is 25.0 Å². The van der Waals surface area contributed by atoms with Gasteiger partial charge in [0.1, 0.15) is 5.82 Å². The Kier molecular flexibility index (Phi) is 4.80. The SMILES string of the molecule is COCCN(C)c1ccc(Cl)c(CNC2CC2)n1. The predicted molar refractivity (Wildman–Crippen MR) is 74.3 cm³/mol. The normalized spacial score (nSPS) is 14.8. The Labute approximate surface area is 113 Å². The summed E-state index contributed by atoms with van der Waals surface area (Å²) in [5.74, 6) is 0.934. The molecule has 1 heterocycles. The van der Waals surface area contributed by atoms with E-state index in [2.05, 4.69) is 15.2 Å². The molecule has 100 valence electrons. The van der Waals surface area contributed by atoms with Crippen molar-refractivity contribution in [2.45, 2.75) is 25.4 Å². The summed E-state index contributed by atoms with van der Waals surface area (Å²) in [7, 11) is 3.71. The van der Waals surface area contributed by atoms with Crippen LogP contribution < -0.4 is 10.2 Å². The molecule has 1 aliphatic rings. The molecule has 0 spiro atoms. The van der Waals surface area contributed by atoms with E-state index in [1.807, 2.05) is 19.2 Å². The monoisotopic (exact) mass is 269 g/mol. The molecule has 1 fully saturated rings. The number of nitrogens with zero attached hydrogens (tertiary/aromatic N) is 2. The Balaban J connectivity index is 1.99. The summed E-state index contributed by atoms with van der Waals surface area (Å²) in [6, 6.07) is 4.52. The Morgan fingerprint density at radius 3 is 2.94 bits per heavy atom. The predicted octanol–water partition coefficient (Wildman–Crippen LogP) is 2.07. The molecule has 1 saturated carbocycles. The average Bonchev–Trinajstić information content (AvgIpc) is 3.19. The Morgan fingerprint density at radius 1 is 1.50 bits per heavy atom. The number of halogens is 1. The molecule has 1 aromatic rings. The van der Waals surface area contributed by atoms with Crippen molar-refractivity contribution < 1.29 is 4.74 Å². The summed E-state index contributed by atoms with van der Waals surface area (Å²) >= 11 is 6.16. The lowest BCUT2D eigenvalue weighted by Crippen LogP contribution is -2.24. The van der Waals surface area contributed by atoms with E-state index >= 15 is 0 Å². The van der Waals surface area contributed by atoms with Gasteiger partial charge in [-0.2, -0.15) is 0 Å². The van der Waals surface area contributed by atoms with Crippen molar-refractivity contribution in [2.75, 3.05) is 32.2 Å². The van der Waals surface area contributed by atoms with Crippen LogP contribution in [-0.2, 0) is 11.3 Å². The van der Waals surface area contributed by atoms with Crippen LogP contribution in [0.5, 0.6) is 0 Å². The van der Waals surface area contributed by atoms with Gasteiger partial charge in [0.25, 0.3) is 0 Å². The highest BCUT2D eigenvalue weighted by molar-refractivity contribution is 6.31. The molecule has 18 heavy (non-hydrogen) atoms. The van der Waals surface area contributed by atoms with Crippen LogP contribution in [0.15, 0.2) is 12.1 Å². The van der Waals surface area contributed by atoms with Crippen LogP contribution in [0, 0.1) is 0 Å². The second-order valence-corrected chi connectivity index (χ2v) is 5.07. The van der Waals surface area contributed by atoms with E-state index in [0.717, 1.165) is 29.6 Å². The minimum Gasteiger partial charge on any atom is -0.383 e. The smallest absolute Gasteiger partial charge is 0.128 e. The highest BCUT2D eigenvalue weighted by Crippen LogP contribution is 2.22. The number of aromatic nitrogens is 1. The second kappa shape index (κ2) is 6.36. The molecular weight excluding hydrogens is 250 g/mol. The fourth-order valence-electron chi connectivity index (χ4n) is 1.68. The third kappa shape index (κ3) is 3.83. The van der Waals surface area contributed by atoms with Gasteiger partial charge in [-0.1, -0.05) is 11.6 Å². The summed E-state index contributed by atoms with van der Waals surface area (Å²) < 4.78 is 5.07. The van der Waals surface area contributed by atoms with Gasteiger partial charge in [0.15, 0.2) is 0 Å². The van der Waals surface area contributed by atoms with Crippen LogP contribution in [0.3, 0.4) is 0 Å². The van der Waals surface area contributed by atoms with Crippen molar-refractivity contribution in [3.05, 3.63) is 22.8 Å². The number of methoxy groups -OCH3 is 1.